The van der Waals surface area contributed by atoms with Gasteiger partial charge in [-0.2, -0.15) is 0 Å². The molecule has 170 valence electrons. The largest absolute Gasteiger partial charge is 0.493 e. The van der Waals surface area contributed by atoms with Crippen molar-refractivity contribution in [1.82, 2.24) is 19.6 Å². The van der Waals surface area contributed by atoms with E-state index in [0.717, 1.165) is 66.8 Å². The fourth-order valence-electron chi connectivity index (χ4n) is 4.09. The Balaban J connectivity index is 1.21. The summed E-state index contributed by atoms with van der Waals surface area (Å²) < 4.78 is 13.2. The van der Waals surface area contributed by atoms with Gasteiger partial charge in [0.1, 0.15) is 17.3 Å². The summed E-state index contributed by atoms with van der Waals surface area (Å²) in [5.74, 6) is 4.70. The zero-order chi connectivity index (χ0) is 22.3. The molecule has 0 unspecified atom stereocenters. The van der Waals surface area contributed by atoms with E-state index in [1.54, 1.807) is 11.8 Å². The van der Waals surface area contributed by atoms with Gasteiger partial charge in [0.15, 0.2) is 0 Å². The molecule has 0 radical (unpaired) electrons. The number of aryl methyl sites for hydroxylation is 2. The zero-order valence-electron chi connectivity index (χ0n) is 18.7. The molecule has 0 aliphatic carbocycles. The van der Waals surface area contributed by atoms with Crippen LogP contribution in [0.5, 0.6) is 5.75 Å². The maximum atomic E-state index is 12.6. The average molecular weight is 455 g/mol. The molecule has 32 heavy (non-hydrogen) atoms. The summed E-state index contributed by atoms with van der Waals surface area (Å²) in [6, 6.07) is 9.77. The van der Waals surface area contributed by atoms with Crippen molar-refractivity contribution in [3.8, 4) is 5.75 Å². The first-order valence-electron chi connectivity index (χ1n) is 11.1. The highest BCUT2D eigenvalue weighted by Crippen LogP contribution is 2.28. The Kier molecular flexibility index (Phi) is 7.52. The van der Waals surface area contributed by atoms with E-state index in [-0.39, 0.29) is 5.91 Å². The van der Waals surface area contributed by atoms with Gasteiger partial charge in [0.25, 0.3) is 0 Å². The van der Waals surface area contributed by atoms with Gasteiger partial charge in [-0.15, -0.1) is 11.8 Å². The number of carbonyl (C=O) groups excluding carboxylic acids is 1. The summed E-state index contributed by atoms with van der Waals surface area (Å²) in [5.41, 5.74) is 2.04. The molecular formula is C24H30N4O3S. The van der Waals surface area contributed by atoms with E-state index in [1.807, 2.05) is 61.5 Å². The van der Waals surface area contributed by atoms with Crippen LogP contribution in [0.15, 0.2) is 47.2 Å². The number of likely N-dealkylation sites (tertiary alicyclic amines) is 1. The highest BCUT2D eigenvalue weighted by Gasteiger charge is 2.26. The molecule has 4 rings (SSSR count). The number of piperidine rings is 1. The predicted octanol–water partition coefficient (Wildman–Crippen LogP) is 4.05. The van der Waals surface area contributed by atoms with Gasteiger partial charge in [-0.05, 0) is 38.8 Å². The highest BCUT2D eigenvalue weighted by atomic mass is 32.2. The van der Waals surface area contributed by atoms with Gasteiger partial charge in [-0.3, -0.25) is 4.79 Å². The van der Waals surface area contributed by atoms with Gasteiger partial charge in [-0.1, -0.05) is 23.4 Å². The molecule has 8 heteroatoms. The van der Waals surface area contributed by atoms with Crippen molar-refractivity contribution in [1.29, 1.82) is 0 Å². The van der Waals surface area contributed by atoms with Crippen LogP contribution in [0.3, 0.4) is 0 Å². The van der Waals surface area contributed by atoms with Crippen LogP contribution >= 0.6 is 11.8 Å². The highest BCUT2D eigenvalue weighted by molar-refractivity contribution is 7.99. The second-order valence-corrected chi connectivity index (χ2v) is 9.19. The minimum atomic E-state index is 0.215. The molecule has 1 fully saturated rings. The molecule has 7 nitrogen and oxygen atoms in total. The molecule has 0 spiro atoms. The number of rotatable bonds is 9. The van der Waals surface area contributed by atoms with Gasteiger partial charge >= 0.3 is 0 Å². The minimum absolute atomic E-state index is 0.215. The number of ether oxygens (including phenoxy) is 1. The summed E-state index contributed by atoms with van der Waals surface area (Å²) in [6.45, 7) is 6.81. The summed E-state index contributed by atoms with van der Waals surface area (Å²) in [5, 5.41) is 4.06. The molecule has 0 saturated carbocycles. The van der Waals surface area contributed by atoms with Crippen molar-refractivity contribution in [2.24, 2.45) is 0 Å². The van der Waals surface area contributed by atoms with Crippen molar-refractivity contribution >= 4 is 17.7 Å². The van der Waals surface area contributed by atoms with E-state index in [4.69, 9.17) is 9.26 Å². The van der Waals surface area contributed by atoms with Crippen LogP contribution in [-0.2, 0) is 11.3 Å². The number of benzene rings is 1. The van der Waals surface area contributed by atoms with Gasteiger partial charge in [0.05, 0.1) is 24.6 Å². The van der Waals surface area contributed by atoms with E-state index in [1.165, 1.54) is 0 Å². The molecule has 1 amide bonds. The van der Waals surface area contributed by atoms with Crippen molar-refractivity contribution in [3.63, 3.8) is 0 Å². The molecule has 1 aliphatic heterocycles. The van der Waals surface area contributed by atoms with Crippen molar-refractivity contribution in [2.75, 3.05) is 31.2 Å². The Morgan fingerprint density at radius 1 is 1.22 bits per heavy atom. The number of hydrogen-bond acceptors (Lipinski definition) is 6. The van der Waals surface area contributed by atoms with Crippen LogP contribution in [0, 0.1) is 13.8 Å². The van der Waals surface area contributed by atoms with Crippen LogP contribution < -0.4 is 4.74 Å². The zero-order valence-corrected chi connectivity index (χ0v) is 19.5. The fourth-order valence-corrected chi connectivity index (χ4v) is 4.79. The minimum Gasteiger partial charge on any atom is -0.493 e. The summed E-state index contributed by atoms with van der Waals surface area (Å²) in [4.78, 5) is 19.2. The van der Waals surface area contributed by atoms with E-state index in [0.29, 0.717) is 18.3 Å². The Morgan fingerprint density at radius 2 is 2.00 bits per heavy atom. The van der Waals surface area contributed by atoms with Crippen molar-refractivity contribution < 1.29 is 14.1 Å². The summed E-state index contributed by atoms with van der Waals surface area (Å²) in [7, 11) is 0. The third-order valence-corrected chi connectivity index (χ3v) is 6.84. The lowest BCUT2D eigenvalue weighted by Crippen LogP contribution is -2.39. The molecule has 1 aromatic carbocycles. The molecule has 0 bridgehead atoms. The quantitative estimate of drug-likeness (QED) is 0.454. The second-order valence-electron chi connectivity index (χ2n) is 8.09. The van der Waals surface area contributed by atoms with E-state index in [9.17, 15) is 4.79 Å². The Morgan fingerprint density at radius 3 is 2.72 bits per heavy atom. The molecule has 1 saturated heterocycles. The Hall–Kier alpha value is -2.74. The number of para-hydroxylation sites is 1. The van der Waals surface area contributed by atoms with Gasteiger partial charge < -0.3 is 18.7 Å². The van der Waals surface area contributed by atoms with E-state index in [2.05, 4.69) is 14.7 Å². The van der Waals surface area contributed by atoms with E-state index >= 15 is 0 Å². The lowest BCUT2D eigenvalue weighted by molar-refractivity contribution is -0.129. The van der Waals surface area contributed by atoms with E-state index < -0.39 is 0 Å². The number of amides is 1. The third-order valence-electron chi connectivity index (χ3n) is 5.94. The standard InChI is InChI=1S/C24H30N4O3S/c1-18-22(19(2)31-26-18)16-28-13-10-25-24(28)20-8-11-27(12-9-20)23(29)17-32-15-14-30-21-6-4-3-5-7-21/h3-7,10,13,20H,8-9,11-12,14-17H2,1-2H3. The summed E-state index contributed by atoms with van der Waals surface area (Å²) in [6.07, 6.45) is 5.75. The van der Waals surface area contributed by atoms with Crippen molar-refractivity contribution in [2.45, 2.75) is 39.2 Å². The number of hydrogen-bond donors (Lipinski definition) is 0. The third kappa shape index (κ3) is 5.54. The number of aromatic nitrogens is 3. The van der Waals surface area contributed by atoms with Crippen LogP contribution in [0.1, 0.15) is 41.6 Å². The Labute approximate surface area is 193 Å². The first-order valence-corrected chi connectivity index (χ1v) is 12.2. The molecule has 3 aromatic rings. The van der Waals surface area contributed by atoms with Gasteiger partial charge in [0.2, 0.25) is 5.91 Å². The number of imidazole rings is 1. The fraction of sp³-hybridized carbons (Fsp3) is 0.458. The second kappa shape index (κ2) is 10.7. The molecule has 3 heterocycles. The molecular weight excluding hydrogens is 424 g/mol. The maximum Gasteiger partial charge on any atom is 0.232 e. The average Bonchev–Trinajstić information content (AvgIpc) is 3.41. The van der Waals surface area contributed by atoms with Crippen LogP contribution in [0.25, 0.3) is 0 Å². The van der Waals surface area contributed by atoms with Gasteiger partial charge in [-0.25, -0.2) is 4.98 Å². The number of nitrogens with zero attached hydrogens (tertiary/aromatic N) is 4. The topological polar surface area (TPSA) is 73.4 Å². The molecule has 0 atom stereocenters. The van der Waals surface area contributed by atoms with Crippen LogP contribution in [-0.4, -0.2) is 56.7 Å². The molecule has 0 N–H and O–H groups in total. The Bertz CT molecular complexity index is 990. The normalized spacial score (nSPS) is 14.6. The van der Waals surface area contributed by atoms with Gasteiger partial charge in [0, 0.05) is 42.7 Å². The number of carbonyl (C=O) groups is 1. The summed E-state index contributed by atoms with van der Waals surface area (Å²) >= 11 is 1.63. The maximum absolute atomic E-state index is 12.6. The smallest absolute Gasteiger partial charge is 0.232 e. The molecule has 2 aromatic heterocycles. The predicted molar refractivity (Wildman–Crippen MR) is 125 cm³/mol. The van der Waals surface area contributed by atoms with Crippen molar-refractivity contribution in [3.05, 3.63) is 65.6 Å². The van der Waals surface area contributed by atoms with Crippen LogP contribution in [0.2, 0.25) is 0 Å². The monoisotopic (exact) mass is 454 g/mol. The molecule has 1 aliphatic rings. The lowest BCUT2D eigenvalue weighted by atomic mass is 9.95. The van der Waals surface area contributed by atoms with Crippen LogP contribution in [0.4, 0.5) is 0 Å². The first kappa shape index (κ1) is 22.5. The SMILES string of the molecule is Cc1noc(C)c1Cn1ccnc1C1CCN(C(=O)CSCCOc2ccccc2)CC1. The lowest BCUT2D eigenvalue weighted by Gasteiger charge is -2.32. The number of thioether (sulfide) groups is 1. The first-order chi connectivity index (χ1) is 15.6.